The second kappa shape index (κ2) is 4.30. The number of hydrogen-bond donors (Lipinski definition) is 0. The Kier molecular flexibility index (Phi) is 3.01. The molecule has 3 heteroatoms. The fourth-order valence-electron chi connectivity index (χ4n) is 1.79. The van der Waals surface area contributed by atoms with E-state index < -0.39 is 0 Å². The molecule has 0 aliphatic rings. The van der Waals surface area contributed by atoms with Crippen LogP contribution in [0.2, 0.25) is 0 Å². The Hall–Kier alpha value is -1.28. The summed E-state index contributed by atoms with van der Waals surface area (Å²) < 4.78 is 1.97. The third-order valence-electron chi connectivity index (χ3n) is 3.02. The lowest BCUT2D eigenvalue weighted by atomic mass is 10.2. The first kappa shape index (κ1) is 11.2. The fourth-order valence-corrected chi connectivity index (χ4v) is 2.01. The summed E-state index contributed by atoms with van der Waals surface area (Å²) >= 11 is 5.94. The van der Waals surface area contributed by atoms with Crippen LogP contribution in [0.1, 0.15) is 22.5 Å². The lowest BCUT2D eigenvalue weighted by Gasteiger charge is -2.08. The van der Waals surface area contributed by atoms with Crippen molar-refractivity contribution in [1.29, 1.82) is 0 Å². The van der Waals surface area contributed by atoms with E-state index in [1.165, 1.54) is 11.3 Å². The van der Waals surface area contributed by atoms with Crippen LogP contribution in [0.3, 0.4) is 0 Å². The first-order chi connectivity index (χ1) is 7.65. The largest absolute Gasteiger partial charge is 0.237 e. The minimum Gasteiger partial charge on any atom is -0.237 e. The Morgan fingerprint density at radius 3 is 2.44 bits per heavy atom. The van der Waals surface area contributed by atoms with Gasteiger partial charge in [-0.3, -0.25) is 0 Å². The molecule has 0 aliphatic carbocycles. The van der Waals surface area contributed by atoms with Crippen LogP contribution in [0.25, 0.3) is 5.69 Å². The maximum absolute atomic E-state index is 5.94. The van der Waals surface area contributed by atoms with Gasteiger partial charge in [0.05, 0.1) is 11.4 Å². The first-order valence-electron chi connectivity index (χ1n) is 5.32. The summed E-state index contributed by atoms with van der Waals surface area (Å²) in [6, 6.07) is 8.10. The standard InChI is InChI=1S/C13H15ClN2/c1-9-10(2)15-16(11(9)3)13-7-5-4-6-12(13)8-14/h4-7H,8H2,1-3H3. The second-order valence-electron chi connectivity index (χ2n) is 3.97. The summed E-state index contributed by atoms with van der Waals surface area (Å²) in [6.07, 6.45) is 0. The molecule has 16 heavy (non-hydrogen) atoms. The van der Waals surface area contributed by atoms with Gasteiger partial charge in [0.25, 0.3) is 0 Å². The van der Waals surface area contributed by atoms with Crippen molar-refractivity contribution in [2.24, 2.45) is 0 Å². The number of halogens is 1. The molecule has 0 fully saturated rings. The fraction of sp³-hybridized carbons (Fsp3) is 0.308. The molecule has 0 N–H and O–H groups in total. The van der Waals surface area contributed by atoms with Crippen LogP contribution in [0.5, 0.6) is 0 Å². The SMILES string of the molecule is Cc1nn(-c2ccccc2CCl)c(C)c1C. The first-order valence-corrected chi connectivity index (χ1v) is 5.85. The molecule has 0 saturated carbocycles. The van der Waals surface area contributed by atoms with Crippen LogP contribution in [0.4, 0.5) is 0 Å². The Morgan fingerprint density at radius 2 is 1.88 bits per heavy atom. The zero-order valence-corrected chi connectivity index (χ0v) is 10.5. The van der Waals surface area contributed by atoms with E-state index in [1.54, 1.807) is 0 Å². The average molecular weight is 235 g/mol. The van der Waals surface area contributed by atoms with Gasteiger partial charge >= 0.3 is 0 Å². The molecule has 1 aromatic heterocycles. The molecule has 2 rings (SSSR count). The third kappa shape index (κ3) is 1.74. The maximum Gasteiger partial charge on any atom is 0.0692 e. The van der Waals surface area contributed by atoms with Gasteiger partial charge in [-0.05, 0) is 38.0 Å². The lowest BCUT2D eigenvalue weighted by Crippen LogP contribution is -2.02. The van der Waals surface area contributed by atoms with Gasteiger partial charge in [0.1, 0.15) is 0 Å². The summed E-state index contributed by atoms with van der Waals surface area (Å²) in [5.41, 5.74) is 5.67. The minimum atomic E-state index is 0.508. The Balaban J connectivity index is 2.63. The second-order valence-corrected chi connectivity index (χ2v) is 4.24. The number of alkyl halides is 1. The van der Waals surface area contributed by atoms with Gasteiger partial charge in [-0.15, -0.1) is 11.6 Å². The summed E-state index contributed by atoms with van der Waals surface area (Å²) in [4.78, 5) is 0. The van der Waals surface area contributed by atoms with Gasteiger partial charge in [0.2, 0.25) is 0 Å². The summed E-state index contributed by atoms with van der Waals surface area (Å²) in [7, 11) is 0. The number of rotatable bonds is 2. The van der Waals surface area contributed by atoms with Gasteiger partial charge in [-0.25, -0.2) is 4.68 Å². The normalized spacial score (nSPS) is 10.8. The molecular formula is C13H15ClN2. The van der Waals surface area contributed by atoms with Gasteiger partial charge in [-0.1, -0.05) is 18.2 Å². The van der Waals surface area contributed by atoms with Crippen molar-refractivity contribution < 1.29 is 0 Å². The average Bonchev–Trinajstić information content (AvgIpc) is 2.57. The molecule has 0 spiro atoms. The van der Waals surface area contributed by atoms with Crippen LogP contribution in [-0.2, 0) is 5.88 Å². The zero-order chi connectivity index (χ0) is 11.7. The monoisotopic (exact) mass is 234 g/mol. The van der Waals surface area contributed by atoms with E-state index in [0.29, 0.717) is 5.88 Å². The molecule has 0 saturated heterocycles. The molecule has 0 atom stereocenters. The highest BCUT2D eigenvalue weighted by atomic mass is 35.5. The molecule has 0 aliphatic heterocycles. The van der Waals surface area contributed by atoms with E-state index in [4.69, 9.17) is 11.6 Å². The van der Waals surface area contributed by atoms with Crippen molar-refractivity contribution in [2.45, 2.75) is 26.7 Å². The number of nitrogens with zero attached hydrogens (tertiary/aromatic N) is 2. The van der Waals surface area contributed by atoms with Crippen molar-refractivity contribution in [3.8, 4) is 5.69 Å². The molecule has 2 aromatic rings. The smallest absolute Gasteiger partial charge is 0.0692 e. The van der Waals surface area contributed by atoms with E-state index in [2.05, 4.69) is 25.0 Å². The van der Waals surface area contributed by atoms with E-state index in [-0.39, 0.29) is 0 Å². The van der Waals surface area contributed by atoms with Crippen LogP contribution in [-0.4, -0.2) is 9.78 Å². The van der Waals surface area contributed by atoms with Crippen molar-refractivity contribution in [1.82, 2.24) is 9.78 Å². The highest BCUT2D eigenvalue weighted by molar-refractivity contribution is 6.17. The Labute approximate surface area is 101 Å². The van der Waals surface area contributed by atoms with Crippen molar-refractivity contribution in [3.05, 3.63) is 46.8 Å². The molecule has 2 nitrogen and oxygen atoms in total. The molecule has 1 heterocycles. The van der Waals surface area contributed by atoms with Crippen molar-refractivity contribution >= 4 is 11.6 Å². The third-order valence-corrected chi connectivity index (χ3v) is 3.30. The molecule has 0 amide bonds. The van der Waals surface area contributed by atoms with Crippen LogP contribution < -0.4 is 0 Å². The molecular weight excluding hydrogens is 220 g/mol. The highest BCUT2D eigenvalue weighted by Gasteiger charge is 2.11. The number of hydrogen-bond acceptors (Lipinski definition) is 1. The quantitative estimate of drug-likeness (QED) is 0.727. The molecule has 0 bridgehead atoms. The van der Waals surface area contributed by atoms with Gasteiger partial charge in [0, 0.05) is 11.6 Å². The molecule has 84 valence electrons. The van der Waals surface area contributed by atoms with Crippen molar-refractivity contribution in [2.75, 3.05) is 0 Å². The molecule has 0 radical (unpaired) electrons. The Morgan fingerprint density at radius 1 is 1.19 bits per heavy atom. The van der Waals surface area contributed by atoms with Gasteiger partial charge < -0.3 is 0 Å². The Bertz CT molecular complexity index is 515. The van der Waals surface area contributed by atoms with Gasteiger partial charge in [-0.2, -0.15) is 5.10 Å². The van der Waals surface area contributed by atoms with Crippen LogP contribution >= 0.6 is 11.6 Å². The predicted octanol–water partition coefficient (Wildman–Crippen LogP) is 3.54. The summed E-state index contributed by atoms with van der Waals surface area (Å²) in [5, 5.41) is 4.55. The topological polar surface area (TPSA) is 17.8 Å². The molecule has 1 aromatic carbocycles. The van der Waals surface area contributed by atoms with E-state index in [0.717, 1.165) is 16.9 Å². The summed E-state index contributed by atoms with van der Waals surface area (Å²) in [5.74, 6) is 0.508. The van der Waals surface area contributed by atoms with Crippen LogP contribution in [0, 0.1) is 20.8 Å². The zero-order valence-electron chi connectivity index (χ0n) is 9.79. The molecule has 0 unspecified atom stereocenters. The summed E-state index contributed by atoms with van der Waals surface area (Å²) in [6.45, 7) is 6.21. The van der Waals surface area contributed by atoms with E-state index in [9.17, 15) is 0 Å². The lowest BCUT2D eigenvalue weighted by molar-refractivity contribution is 0.826. The van der Waals surface area contributed by atoms with Crippen LogP contribution in [0.15, 0.2) is 24.3 Å². The number of para-hydroxylation sites is 1. The van der Waals surface area contributed by atoms with Gasteiger partial charge in [0.15, 0.2) is 0 Å². The number of aromatic nitrogens is 2. The number of benzene rings is 1. The highest BCUT2D eigenvalue weighted by Crippen LogP contribution is 2.20. The number of aryl methyl sites for hydroxylation is 1. The maximum atomic E-state index is 5.94. The van der Waals surface area contributed by atoms with E-state index >= 15 is 0 Å². The predicted molar refractivity (Wildman–Crippen MR) is 67.3 cm³/mol. The van der Waals surface area contributed by atoms with Crippen molar-refractivity contribution in [3.63, 3.8) is 0 Å². The van der Waals surface area contributed by atoms with E-state index in [1.807, 2.05) is 29.8 Å². The minimum absolute atomic E-state index is 0.508.